The van der Waals surface area contributed by atoms with Crippen LogP contribution in [0.25, 0.3) is 0 Å². The molecule has 138 valence electrons. The standard InChI is InChI=1S/C18H16F2O6/c1-23-15-8-17(25-3)16(24-2)7-11(15)18(22)26-9-14(21)10-4-5-12(19)13(20)6-10/h4-8H,9H2,1-3H3. The lowest BCUT2D eigenvalue weighted by Gasteiger charge is -2.13. The molecule has 0 fully saturated rings. The van der Waals surface area contributed by atoms with Crippen LogP contribution >= 0.6 is 0 Å². The Balaban J connectivity index is 2.16. The predicted octanol–water partition coefficient (Wildman–Crippen LogP) is 3.03. The summed E-state index contributed by atoms with van der Waals surface area (Å²) >= 11 is 0. The molecule has 0 aliphatic carbocycles. The van der Waals surface area contributed by atoms with Crippen LogP contribution in [0.3, 0.4) is 0 Å². The zero-order chi connectivity index (χ0) is 19.3. The first-order valence-electron chi connectivity index (χ1n) is 7.36. The highest BCUT2D eigenvalue weighted by Crippen LogP contribution is 2.34. The summed E-state index contributed by atoms with van der Waals surface area (Å²) in [6.07, 6.45) is 0. The number of carbonyl (C=O) groups excluding carboxylic acids is 2. The molecule has 0 aliphatic heterocycles. The Hall–Kier alpha value is -3.16. The van der Waals surface area contributed by atoms with E-state index in [-0.39, 0.29) is 22.6 Å². The summed E-state index contributed by atoms with van der Waals surface area (Å²) in [6, 6.07) is 5.45. The maximum Gasteiger partial charge on any atom is 0.342 e. The molecule has 26 heavy (non-hydrogen) atoms. The third kappa shape index (κ3) is 4.08. The zero-order valence-electron chi connectivity index (χ0n) is 14.3. The van der Waals surface area contributed by atoms with E-state index in [0.717, 1.165) is 18.2 Å². The molecule has 0 saturated carbocycles. The van der Waals surface area contributed by atoms with E-state index in [9.17, 15) is 18.4 Å². The molecule has 0 radical (unpaired) electrons. The average Bonchev–Trinajstić information content (AvgIpc) is 2.66. The molecule has 0 N–H and O–H groups in total. The summed E-state index contributed by atoms with van der Waals surface area (Å²) in [5.41, 5.74) is -0.0980. The highest BCUT2D eigenvalue weighted by atomic mass is 19.2. The molecular weight excluding hydrogens is 350 g/mol. The Labute approximate surface area is 148 Å². The molecule has 0 heterocycles. The molecule has 2 aromatic rings. The lowest BCUT2D eigenvalue weighted by molar-refractivity contribution is 0.0471. The van der Waals surface area contributed by atoms with Gasteiger partial charge < -0.3 is 18.9 Å². The van der Waals surface area contributed by atoms with Crippen molar-refractivity contribution in [3.63, 3.8) is 0 Å². The smallest absolute Gasteiger partial charge is 0.342 e. The number of Topliss-reactive ketones (excluding diaryl/α,β-unsaturated/α-hetero) is 1. The number of hydrogen-bond acceptors (Lipinski definition) is 6. The van der Waals surface area contributed by atoms with Crippen molar-refractivity contribution in [1.29, 1.82) is 0 Å². The Bertz CT molecular complexity index is 835. The molecule has 6 nitrogen and oxygen atoms in total. The molecule has 2 rings (SSSR count). The molecular formula is C18H16F2O6. The molecule has 2 aromatic carbocycles. The summed E-state index contributed by atoms with van der Waals surface area (Å²) in [5, 5.41) is 0. The fourth-order valence-corrected chi connectivity index (χ4v) is 2.15. The van der Waals surface area contributed by atoms with Crippen molar-refractivity contribution in [2.45, 2.75) is 0 Å². The lowest BCUT2D eigenvalue weighted by atomic mass is 10.1. The van der Waals surface area contributed by atoms with Gasteiger partial charge in [-0.05, 0) is 18.2 Å². The number of ketones is 1. The minimum absolute atomic E-state index is 0.0169. The summed E-state index contributed by atoms with van der Waals surface area (Å²) in [7, 11) is 4.17. The van der Waals surface area contributed by atoms with Crippen LogP contribution in [0.5, 0.6) is 17.2 Å². The average molecular weight is 366 g/mol. The van der Waals surface area contributed by atoms with Crippen molar-refractivity contribution in [3.8, 4) is 17.2 Å². The summed E-state index contributed by atoms with van der Waals surface area (Å²) in [5.74, 6) is -2.99. The fraction of sp³-hybridized carbons (Fsp3) is 0.222. The second-order valence-corrected chi connectivity index (χ2v) is 5.04. The van der Waals surface area contributed by atoms with Gasteiger partial charge in [0.25, 0.3) is 0 Å². The molecule has 0 bridgehead atoms. The number of esters is 1. The summed E-state index contributed by atoms with van der Waals surface area (Å²) in [4.78, 5) is 24.2. The quantitative estimate of drug-likeness (QED) is 0.554. The van der Waals surface area contributed by atoms with Gasteiger partial charge >= 0.3 is 5.97 Å². The Morgan fingerprint density at radius 2 is 1.46 bits per heavy atom. The number of carbonyl (C=O) groups is 2. The highest BCUT2D eigenvalue weighted by molar-refractivity contribution is 6.00. The van der Waals surface area contributed by atoms with Crippen LogP contribution in [-0.2, 0) is 4.74 Å². The van der Waals surface area contributed by atoms with Crippen molar-refractivity contribution in [2.75, 3.05) is 27.9 Å². The van der Waals surface area contributed by atoms with Gasteiger partial charge in [0.2, 0.25) is 0 Å². The summed E-state index contributed by atoms with van der Waals surface area (Å²) < 4.78 is 46.4. The highest BCUT2D eigenvalue weighted by Gasteiger charge is 2.20. The van der Waals surface area contributed by atoms with Crippen LogP contribution < -0.4 is 14.2 Å². The second-order valence-electron chi connectivity index (χ2n) is 5.04. The first kappa shape index (κ1) is 19.2. The van der Waals surface area contributed by atoms with E-state index in [1.165, 1.54) is 33.5 Å². The molecule has 0 unspecified atom stereocenters. The minimum atomic E-state index is -1.16. The van der Waals surface area contributed by atoms with Crippen molar-refractivity contribution in [2.24, 2.45) is 0 Å². The number of benzene rings is 2. The van der Waals surface area contributed by atoms with Crippen molar-refractivity contribution in [3.05, 3.63) is 53.1 Å². The lowest BCUT2D eigenvalue weighted by Crippen LogP contribution is -2.15. The van der Waals surface area contributed by atoms with Crippen LogP contribution in [0, 0.1) is 11.6 Å². The van der Waals surface area contributed by atoms with E-state index in [2.05, 4.69) is 0 Å². The van der Waals surface area contributed by atoms with Crippen LogP contribution in [0.1, 0.15) is 20.7 Å². The first-order valence-corrected chi connectivity index (χ1v) is 7.36. The van der Waals surface area contributed by atoms with E-state index in [4.69, 9.17) is 18.9 Å². The maximum atomic E-state index is 13.2. The van der Waals surface area contributed by atoms with E-state index >= 15 is 0 Å². The molecule has 0 atom stereocenters. The minimum Gasteiger partial charge on any atom is -0.496 e. The molecule has 0 aromatic heterocycles. The van der Waals surface area contributed by atoms with Gasteiger partial charge in [0, 0.05) is 17.7 Å². The third-order valence-corrected chi connectivity index (χ3v) is 3.50. The van der Waals surface area contributed by atoms with Gasteiger partial charge in [0.15, 0.2) is 35.5 Å². The normalized spacial score (nSPS) is 10.2. The van der Waals surface area contributed by atoms with Gasteiger partial charge in [-0.2, -0.15) is 0 Å². The Morgan fingerprint density at radius 1 is 0.846 bits per heavy atom. The second kappa shape index (κ2) is 8.28. The molecule has 0 spiro atoms. The Morgan fingerprint density at radius 3 is 2.04 bits per heavy atom. The Kier molecular flexibility index (Phi) is 6.11. The van der Waals surface area contributed by atoms with Gasteiger partial charge in [-0.1, -0.05) is 0 Å². The van der Waals surface area contributed by atoms with Gasteiger partial charge in [0.1, 0.15) is 11.3 Å². The SMILES string of the molecule is COc1cc(OC)c(C(=O)OCC(=O)c2ccc(F)c(F)c2)cc1OC. The largest absolute Gasteiger partial charge is 0.496 e. The predicted molar refractivity (Wildman–Crippen MR) is 87.1 cm³/mol. The maximum absolute atomic E-state index is 13.2. The van der Waals surface area contributed by atoms with Gasteiger partial charge in [-0.3, -0.25) is 4.79 Å². The van der Waals surface area contributed by atoms with Crippen molar-refractivity contribution in [1.82, 2.24) is 0 Å². The van der Waals surface area contributed by atoms with Crippen LogP contribution in [0.15, 0.2) is 30.3 Å². The third-order valence-electron chi connectivity index (χ3n) is 3.50. The molecule has 0 saturated heterocycles. The van der Waals surface area contributed by atoms with E-state index in [1.54, 1.807) is 0 Å². The molecule has 8 heteroatoms. The molecule has 0 amide bonds. The van der Waals surface area contributed by atoms with Crippen LogP contribution in [0.2, 0.25) is 0 Å². The van der Waals surface area contributed by atoms with E-state index in [1.807, 2.05) is 0 Å². The number of hydrogen-bond donors (Lipinski definition) is 0. The number of methoxy groups -OCH3 is 3. The monoisotopic (exact) mass is 366 g/mol. The van der Waals surface area contributed by atoms with E-state index in [0.29, 0.717) is 5.75 Å². The number of rotatable bonds is 7. The number of halogens is 2. The molecule has 0 aliphatic rings. The van der Waals surface area contributed by atoms with Gasteiger partial charge in [-0.25, -0.2) is 13.6 Å². The van der Waals surface area contributed by atoms with Gasteiger partial charge in [0.05, 0.1) is 21.3 Å². The number of ether oxygens (including phenoxy) is 4. The fourth-order valence-electron chi connectivity index (χ4n) is 2.15. The van der Waals surface area contributed by atoms with Crippen LogP contribution in [0.4, 0.5) is 8.78 Å². The van der Waals surface area contributed by atoms with Crippen molar-refractivity contribution >= 4 is 11.8 Å². The topological polar surface area (TPSA) is 71.1 Å². The van der Waals surface area contributed by atoms with E-state index < -0.39 is 30.0 Å². The van der Waals surface area contributed by atoms with Crippen LogP contribution in [-0.4, -0.2) is 39.7 Å². The van der Waals surface area contributed by atoms with Crippen molar-refractivity contribution < 1.29 is 37.3 Å². The first-order chi connectivity index (χ1) is 12.4. The zero-order valence-corrected chi connectivity index (χ0v) is 14.3. The summed E-state index contributed by atoms with van der Waals surface area (Å²) in [6.45, 7) is -0.651. The van der Waals surface area contributed by atoms with Gasteiger partial charge in [-0.15, -0.1) is 0 Å².